The van der Waals surface area contributed by atoms with Gasteiger partial charge in [-0.3, -0.25) is 15.0 Å². The number of hydrogen-bond donors (Lipinski definition) is 1. The lowest BCUT2D eigenvalue weighted by Gasteiger charge is -2.30. The zero-order chi connectivity index (χ0) is 21.2. The van der Waals surface area contributed by atoms with Crippen molar-refractivity contribution in [1.82, 2.24) is 15.1 Å². The van der Waals surface area contributed by atoms with Gasteiger partial charge in [-0.2, -0.15) is 13.2 Å². The van der Waals surface area contributed by atoms with E-state index in [2.05, 4.69) is 15.5 Å². The predicted octanol–water partition coefficient (Wildman–Crippen LogP) is 4.60. The van der Waals surface area contributed by atoms with Gasteiger partial charge in [-0.1, -0.05) is 72.0 Å². The molecule has 30 heavy (non-hydrogen) atoms. The number of carbonyl (C=O) groups is 1. The fraction of sp³-hybridized carbons (Fsp3) is 0.286. The molecule has 2 heterocycles. The average molecular weight is 432 g/mol. The van der Waals surface area contributed by atoms with Gasteiger partial charge in [0.25, 0.3) is 0 Å². The van der Waals surface area contributed by atoms with E-state index in [1.54, 1.807) is 4.90 Å². The maximum Gasteiger partial charge on any atom is 0.404 e. The number of nitrogens with zero attached hydrogens (tertiary/aromatic N) is 3. The molecule has 1 aliphatic rings. The lowest BCUT2D eigenvalue weighted by atomic mass is 9.85. The SMILES string of the molecule is O=C(Nc1nnc(-c2ccccc2)s1)C1(C(F)(F)F)CCN(Cc2ccccc2)C1. The van der Waals surface area contributed by atoms with E-state index in [-0.39, 0.29) is 24.6 Å². The summed E-state index contributed by atoms with van der Waals surface area (Å²) in [4.78, 5) is 14.5. The molecule has 1 saturated heterocycles. The Hall–Kier alpha value is -2.78. The van der Waals surface area contributed by atoms with Crippen LogP contribution in [0.15, 0.2) is 60.7 Å². The molecule has 4 rings (SSSR count). The average Bonchev–Trinajstić information content (AvgIpc) is 3.37. The molecule has 0 spiro atoms. The molecule has 1 N–H and O–H groups in total. The second-order valence-electron chi connectivity index (χ2n) is 7.26. The van der Waals surface area contributed by atoms with E-state index in [1.165, 1.54) is 0 Å². The second kappa shape index (κ2) is 8.16. The molecule has 1 fully saturated rings. The summed E-state index contributed by atoms with van der Waals surface area (Å²) in [7, 11) is 0. The molecular weight excluding hydrogens is 413 g/mol. The summed E-state index contributed by atoms with van der Waals surface area (Å²) in [6, 6.07) is 18.4. The molecular formula is C21H19F3N4OS. The van der Waals surface area contributed by atoms with Gasteiger partial charge >= 0.3 is 6.18 Å². The fourth-order valence-corrected chi connectivity index (χ4v) is 4.34. The first kappa shape index (κ1) is 20.5. The Morgan fingerprint density at radius 3 is 2.40 bits per heavy atom. The largest absolute Gasteiger partial charge is 0.404 e. The van der Waals surface area contributed by atoms with Gasteiger partial charge in [0, 0.05) is 18.7 Å². The number of aromatic nitrogens is 2. The highest BCUT2D eigenvalue weighted by Crippen LogP contribution is 2.46. The smallest absolute Gasteiger partial charge is 0.300 e. The molecule has 1 aliphatic heterocycles. The Labute approximate surface area is 175 Å². The van der Waals surface area contributed by atoms with Crippen molar-refractivity contribution in [3.63, 3.8) is 0 Å². The minimum Gasteiger partial charge on any atom is -0.300 e. The minimum atomic E-state index is -4.67. The van der Waals surface area contributed by atoms with Crippen molar-refractivity contribution >= 4 is 22.4 Å². The van der Waals surface area contributed by atoms with E-state index in [0.717, 1.165) is 22.5 Å². The first-order valence-electron chi connectivity index (χ1n) is 9.41. The Kier molecular flexibility index (Phi) is 5.57. The number of alkyl halides is 3. The first-order chi connectivity index (χ1) is 14.4. The third kappa shape index (κ3) is 4.08. The van der Waals surface area contributed by atoms with Crippen LogP contribution in [0.3, 0.4) is 0 Å². The van der Waals surface area contributed by atoms with E-state index in [1.807, 2.05) is 60.7 Å². The topological polar surface area (TPSA) is 58.1 Å². The van der Waals surface area contributed by atoms with E-state index in [0.29, 0.717) is 11.6 Å². The van der Waals surface area contributed by atoms with Crippen molar-refractivity contribution in [1.29, 1.82) is 0 Å². The van der Waals surface area contributed by atoms with E-state index in [4.69, 9.17) is 0 Å². The molecule has 9 heteroatoms. The fourth-order valence-electron chi connectivity index (χ4n) is 3.60. The second-order valence-corrected chi connectivity index (χ2v) is 8.24. The van der Waals surface area contributed by atoms with Gasteiger partial charge in [0.15, 0.2) is 5.41 Å². The Bertz CT molecular complexity index is 1010. The van der Waals surface area contributed by atoms with Crippen LogP contribution in [0.4, 0.5) is 18.3 Å². The first-order valence-corrected chi connectivity index (χ1v) is 10.2. The number of amides is 1. The van der Waals surface area contributed by atoms with Gasteiger partial charge in [-0.05, 0) is 18.5 Å². The van der Waals surface area contributed by atoms with Crippen molar-refractivity contribution in [2.75, 3.05) is 18.4 Å². The normalized spacial score (nSPS) is 19.7. The van der Waals surface area contributed by atoms with Crippen LogP contribution >= 0.6 is 11.3 Å². The lowest BCUT2D eigenvalue weighted by molar-refractivity contribution is -0.215. The molecule has 3 aromatic rings. The number of carbonyl (C=O) groups excluding carboxylic acids is 1. The highest BCUT2D eigenvalue weighted by molar-refractivity contribution is 7.18. The molecule has 0 aliphatic carbocycles. The summed E-state index contributed by atoms with van der Waals surface area (Å²) in [6.45, 7) is 0.164. The van der Waals surface area contributed by atoms with Crippen LogP contribution in [0.2, 0.25) is 0 Å². The van der Waals surface area contributed by atoms with Crippen molar-refractivity contribution < 1.29 is 18.0 Å². The van der Waals surface area contributed by atoms with Crippen LogP contribution in [-0.2, 0) is 11.3 Å². The lowest BCUT2D eigenvalue weighted by Crippen LogP contribution is -2.49. The number of nitrogens with one attached hydrogen (secondary N) is 1. The Morgan fingerprint density at radius 1 is 1.07 bits per heavy atom. The van der Waals surface area contributed by atoms with Crippen LogP contribution < -0.4 is 5.32 Å². The highest BCUT2D eigenvalue weighted by Gasteiger charge is 2.63. The number of halogens is 3. The monoisotopic (exact) mass is 432 g/mol. The summed E-state index contributed by atoms with van der Waals surface area (Å²) in [6.07, 6.45) is -4.96. The minimum absolute atomic E-state index is 0.0592. The maximum atomic E-state index is 14.0. The summed E-state index contributed by atoms with van der Waals surface area (Å²) < 4.78 is 42.1. The maximum absolute atomic E-state index is 14.0. The van der Waals surface area contributed by atoms with Gasteiger partial charge in [0.05, 0.1) is 0 Å². The molecule has 156 valence electrons. The van der Waals surface area contributed by atoms with Crippen molar-refractivity contribution in [3.8, 4) is 10.6 Å². The number of hydrogen-bond acceptors (Lipinski definition) is 5. The van der Waals surface area contributed by atoms with Gasteiger partial charge in [0.2, 0.25) is 11.0 Å². The number of anilines is 1. The van der Waals surface area contributed by atoms with Crippen molar-refractivity contribution in [2.45, 2.75) is 19.1 Å². The third-order valence-corrected chi connectivity index (χ3v) is 6.13. The molecule has 1 unspecified atom stereocenters. The summed E-state index contributed by atoms with van der Waals surface area (Å²) in [5.41, 5.74) is -0.774. The molecule has 1 amide bonds. The summed E-state index contributed by atoms with van der Waals surface area (Å²) in [5, 5.41) is 10.8. The number of rotatable bonds is 5. The highest BCUT2D eigenvalue weighted by atomic mass is 32.1. The molecule has 5 nitrogen and oxygen atoms in total. The number of likely N-dealkylation sites (tertiary alicyclic amines) is 1. The van der Waals surface area contributed by atoms with Gasteiger partial charge in [-0.25, -0.2) is 0 Å². The molecule has 1 aromatic heterocycles. The zero-order valence-electron chi connectivity index (χ0n) is 15.9. The third-order valence-electron chi connectivity index (χ3n) is 5.24. The molecule has 2 aromatic carbocycles. The molecule has 0 radical (unpaired) electrons. The van der Waals surface area contributed by atoms with Crippen LogP contribution in [0.5, 0.6) is 0 Å². The van der Waals surface area contributed by atoms with Gasteiger partial charge < -0.3 is 0 Å². The van der Waals surface area contributed by atoms with Crippen molar-refractivity contribution in [2.24, 2.45) is 5.41 Å². The molecule has 0 bridgehead atoms. The zero-order valence-corrected chi connectivity index (χ0v) is 16.7. The van der Waals surface area contributed by atoms with E-state index >= 15 is 0 Å². The quantitative estimate of drug-likeness (QED) is 0.640. The van der Waals surface area contributed by atoms with E-state index < -0.39 is 17.5 Å². The summed E-state index contributed by atoms with van der Waals surface area (Å²) in [5.74, 6) is -1.08. The molecule has 1 atom stereocenters. The Morgan fingerprint density at radius 2 is 1.73 bits per heavy atom. The van der Waals surface area contributed by atoms with Gasteiger partial charge in [-0.15, -0.1) is 10.2 Å². The van der Waals surface area contributed by atoms with Crippen LogP contribution in [0, 0.1) is 5.41 Å². The predicted molar refractivity (Wildman–Crippen MR) is 109 cm³/mol. The number of benzene rings is 2. The van der Waals surface area contributed by atoms with E-state index in [9.17, 15) is 18.0 Å². The van der Waals surface area contributed by atoms with Crippen LogP contribution in [0.1, 0.15) is 12.0 Å². The van der Waals surface area contributed by atoms with Crippen molar-refractivity contribution in [3.05, 3.63) is 66.2 Å². The van der Waals surface area contributed by atoms with Crippen LogP contribution in [0.25, 0.3) is 10.6 Å². The van der Waals surface area contributed by atoms with Gasteiger partial charge in [0.1, 0.15) is 5.01 Å². The molecule has 0 saturated carbocycles. The standard InChI is InChI=1S/C21H19F3N4OS/c22-21(23,24)20(11-12-28(14-20)13-15-7-3-1-4-8-15)18(29)25-19-27-26-17(30-19)16-9-5-2-6-10-16/h1-10H,11-14H2,(H,25,27,29). The Balaban J connectivity index is 1.50. The van der Waals surface area contributed by atoms with Crippen LogP contribution in [-0.4, -0.2) is 40.3 Å². The summed E-state index contributed by atoms with van der Waals surface area (Å²) >= 11 is 1.05.